The summed E-state index contributed by atoms with van der Waals surface area (Å²) in [6.07, 6.45) is 2.47. The molecule has 32 heavy (non-hydrogen) atoms. The highest BCUT2D eigenvalue weighted by atomic mass is 16.5. The molecule has 0 saturated carbocycles. The van der Waals surface area contributed by atoms with Crippen LogP contribution in [-0.2, 0) is 24.2 Å². The van der Waals surface area contributed by atoms with Crippen molar-refractivity contribution >= 4 is 5.91 Å². The van der Waals surface area contributed by atoms with E-state index in [-0.39, 0.29) is 5.91 Å². The third-order valence-corrected chi connectivity index (χ3v) is 5.98. The van der Waals surface area contributed by atoms with Crippen LogP contribution < -0.4 is 10.1 Å². The largest absolute Gasteiger partial charge is 0.497 e. The molecule has 1 atom stereocenters. The molecular formula is C24H30N6O2. The Bertz CT molecular complexity index is 1050. The van der Waals surface area contributed by atoms with Gasteiger partial charge >= 0.3 is 0 Å². The number of nitrogens with one attached hydrogen (secondary N) is 1. The molecule has 1 aliphatic rings. The minimum atomic E-state index is -0.515. The average Bonchev–Trinajstić information content (AvgIpc) is 3.25. The Labute approximate surface area is 188 Å². The SMILES string of the molecule is COc1cccc(C[C@H](C(=O)NCCCN2CCc3ccccc3C2)n2nnnc2C)c1. The van der Waals surface area contributed by atoms with Crippen molar-refractivity contribution in [3.63, 3.8) is 0 Å². The first-order valence-electron chi connectivity index (χ1n) is 11.1. The van der Waals surface area contributed by atoms with E-state index in [1.54, 1.807) is 18.7 Å². The number of aromatic nitrogens is 4. The summed E-state index contributed by atoms with van der Waals surface area (Å²) in [5.41, 5.74) is 3.86. The summed E-state index contributed by atoms with van der Waals surface area (Å²) in [6.45, 7) is 5.42. The molecule has 1 N–H and O–H groups in total. The summed E-state index contributed by atoms with van der Waals surface area (Å²) in [6, 6.07) is 15.9. The van der Waals surface area contributed by atoms with Crippen molar-refractivity contribution in [1.29, 1.82) is 0 Å². The molecule has 8 nitrogen and oxygen atoms in total. The van der Waals surface area contributed by atoms with E-state index < -0.39 is 6.04 Å². The number of carbonyl (C=O) groups is 1. The van der Waals surface area contributed by atoms with Crippen LogP contribution in [0.25, 0.3) is 0 Å². The van der Waals surface area contributed by atoms with Gasteiger partial charge in [0.25, 0.3) is 0 Å². The van der Waals surface area contributed by atoms with Crippen molar-refractivity contribution < 1.29 is 9.53 Å². The van der Waals surface area contributed by atoms with Crippen LogP contribution in [0.5, 0.6) is 5.75 Å². The van der Waals surface area contributed by atoms with Gasteiger partial charge in [0.05, 0.1) is 7.11 Å². The van der Waals surface area contributed by atoms with Crippen LogP contribution >= 0.6 is 0 Å². The van der Waals surface area contributed by atoms with E-state index in [0.717, 1.165) is 43.8 Å². The first kappa shape index (κ1) is 22.0. The molecule has 2 heterocycles. The van der Waals surface area contributed by atoms with Gasteiger partial charge in [-0.15, -0.1) is 5.10 Å². The number of hydrogen-bond donors (Lipinski definition) is 1. The first-order valence-corrected chi connectivity index (χ1v) is 11.1. The molecule has 4 rings (SSSR count). The van der Waals surface area contributed by atoms with E-state index in [2.05, 4.69) is 50.0 Å². The third-order valence-electron chi connectivity index (χ3n) is 5.98. The maximum absolute atomic E-state index is 13.1. The van der Waals surface area contributed by atoms with Gasteiger partial charge in [-0.2, -0.15) is 0 Å². The maximum Gasteiger partial charge on any atom is 0.245 e. The Morgan fingerprint density at radius 2 is 2.03 bits per heavy atom. The molecule has 168 valence electrons. The van der Waals surface area contributed by atoms with Gasteiger partial charge in [0.2, 0.25) is 5.91 Å². The standard InChI is InChI=1S/C24H30N6O2/c1-18-26-27-28-30(18)23(16-19-7-5-10-22(15-19)32-2)24(31)25-12-6-13-29-14-11-20-8-3-4-9-21(20)17-29/h3-5,7-10,15,23H,6,11-14,16-17H2,1-2H3,(H,25,31)/t23-/m1/s1. The summed E-state index contributed by atoms with van der Waals surface area (Å²) < 4.78 is 6.91. The molecule has 0 unspecified atom stereocenters. The van der Waals surface area contributed by atoms with Crippen LogP contribution in [0.3, 0.4) is 0 Å². The van der Waals surface area contributed by atoms with E-state index in [9.17, 15) is 4.79 Å². The Morgan fingerprint density at radius 1 is 1.19 bits per heavy atom. The number of rotatable bonds is 9. The number of benzene rings is 2. The molecule has 1 aromatic heterocycles. The molecule has 3 aromatic rings. The minimum Gasteiger partial charge on any atom is -0.497 e. The summed E-state index contributed by atoms with van der Waals surface area (Å²) in [5, 5.41) is 14.8. The number of hydrogen-bond acceptors (Lipinski definition) is 6. The molecule has 0 fully saturated rings. The molecule has 2 aromatic carbocycles. The molecule has 1 aliphatic heterocycles. The number of ether oxygens (including phenoxy) is 1. The fraction of sp³-hybridized carbons (Fsp3) is 0.417. The van der Waals surface area contributed by atoms with Crippen molar-refractivity contribution in [2.45, 2.75) is 38.8 Å². The maximum atomic E-state index is 13.1. The van der Waals surface area contributed by atoms with Gasteiger partial charge in [0.1, 0.15) is 17.6 Å². The predicted octanol–water partition coefficient (Wildman–Crippen LogP) is 2.34. The summed E-state index contributed by atoms with van der Waals surface area (Å²) >= 11 is 0. The summed E-state index contributed by atoms with van der Waals surface area (Å²) in [7, 11) is 1.63. The lowest BCUT2D eigenvalue weighted by atomic mass is 10.00. The lowest BCUT2D eigenvalue weighted by Crippen LogP contribution is -2.37. The van der Waals surface area contributed by atoms with Gasteiger partial charge in [-0.3, -0.25) is 9.69 Å². The number of methoxy groups -OCH3 is 1. The minimum absolute atomic E-state index is 0.0767. The molecule has 0 aliphatic carbocycles. The Hall–Kier alpha value is -3.26. The van der Waals surface area contributed by atoms with Gasteiger partial charge in [-0.05, 0) is 59.0 Å². The monoisotopic (exact) mass is 434 g/mol. The highest BCUT2D eigenvalue weighted by Gasteiger charge is 2.24. The zero-order valence-corrected chi connectivity index (χ0v) is 18.7. The molecule has 0 spiro atoms. The first-order chi connectivity index (χ1) is 15.6. The van der Waals surface area contributed by atoms with Gasteiger partial charge < -0.3 is 10.1 Å². The molecule has 0 saturated heterocycles. The Balaban J connectivity index is 1.33. The quantitative estimate of drug-likeness (QED) is 0.521. The van der Waals surface area contributed by atoms with Gasteiger partial charge in [0.15, 0.2) is 0 Å². The molecule has 8 heteroatoms. The highest BCUT2D eigenvalue weighted by Crippen LogP contribution is 2.20. The highest BCUT2D eigenvalue weighted by molar-refractivity contribution is 5.80. The Kier molecular flexibility index (Phi) is 7.11. The van der Waals surface area contributed by atoms with Crippen LogP contribution in [0.4, 0.5) is 0 Å². The van der Waals surface area contributed by atoms with Crippen molar-refractivity contribution in [3.05, 3.63) is 71.0 Å². The normalized spacial score (nSPS) is 14.6. The lowest BCUT2D eigenvalue weighted by Gasteiger charge is -2.28. The van der Waals surface area contributed by atoms with Crippen molar-refractivity contribution in [2.75, 3.05) is 26.7 Å². The van der Waals surface area contributed by atoms with Crippen LogP contribution in [0.2, 0.25) is 0 Å². The van der Waals surface area contributed by atoms with E-state index in [1.165, 1.54) is 11.1 Å². The summed E-state index contributed by atoms with van der Waals surface area (Å²) in [5.74, 6) is 1.30. The van der Waals surface area contributed by atoms with Crippen LogP contribution in [-0.4, -0.2) is 57.8 Å². The van der Waals surface area contributed by atoms with Crippen LogP contribution in [0, 0.1) is 6.92 Å². The molecule has 1 amide bonds. The zero-order valence-electron chi connectivity index (χ0n) is 18.7. The van der Waals surface area contributed by atoms with Crippen molar-refractivity contribution in [2.24, 2.45) is 0 Å². The number of carbonyl (C=O) groups excluding carboxylic acids is 1. The topological polar surface area (TPSA) is 85.2 Å². The average molecular weight is 435 g/mol. The lowest BCUT2D eigenvalue weighted by molar-refractivity contribution is -0.124. The molecular weight excluding hydrogens is 404 g/mol. The fourth-order valence-corrected chi connectivity index (χ4v) is 4.22. The fourth-order valence-electron chi connectivity index (χ4n) is 4.22. The Morgan fingerprint density at radius 3 is 2.81 bits per heavy atom. The number of nitrogens with zero attached hydrogens (tertiary/aromatic N) is 5. The van der Waals surface area contributed by atoms with Crippen LogP contribution in [0.15, 0.2) is 48.5 Å². The van der Waals surface area contributed by atoms with Crippen LogP contribution in [0.1, 0.15) is 35.0 Å². The van der Waals surface area contributed by atoms with Gasteiger partial charge in [-0.1, -0.05) is 36.4 Å². The number of aryl methyl sites for hydroxylation is 1. The second-order valence-corrected chi connectivity index (χ2v) is 8.18. The van der Waals surface area contributed by atoms with Gasteiger partial charge in [-0.25, -0.2) is 4.68 Å². The van der Waals surface area contributed by atoms with E-state index in [1.807, 2.05) is 24.3 Å². The zero-order chi connectivity index (χ0) is 22.3. The van der Waals surface area contributed by atoms with Crippen molar-refractivity contribution in [3.8, 4) is 5.75 Å². The summed E-state index contributed by atoms with van der Waals surface area (Å²) in [4.78, 5) is 15.5. The number of tetrazole rings is 1. The predicted molar refractivity (Wildman–Crippen MR) is 121 cm³/mol. The third kappa shape index (κ3) is 5.31. The van der Waals surface area contributed by atoms with E-state index in [0.29, 0.717) is 18.8 Å². The second-order valence-electron chi connectivity index (χ2n) is 8.18. The molecule has 0 bridgehead atoms. The van der Waals surface area contributed by atoms with Gasteiger partial charge in [0, 0.05) is 32.6 Å². The second kappa shape index (κ2) is 10.4. The van der Waals surface area contributed by atoms with Crippen molar-refractivity contribution in [1.82, 2.24) is 30.4 Å². The smallest absolute Gasteiger partial charge is 0.245 e. The number of amides is 1. The van der Waals surface area contributed by atoms with E-state index in [4.69, 9.17) is 4.74 Å². The molecule has 0 radical (unpaired) electrons. The number of fused-ring (bicyclic) bond motifs is 1. The van der Waals surface area contributed by atoms with E-state index >= 15 is 0 Å².